The third-order valence-electron chi connectivity index (χ3n) is 3.47. The summed E-state index contributed by atoms with van der Waals surface area (Å²) in [5.41, 5.74) is 2.12. The predicted octanol–water partition coefficient (Wildman–Crippen LogP) is 4.77. The molecule has 1 N–H and O–H groups in total. The molecule has 0 aliphatic rings. The highest BCUT2D eigenvalue weighted by Gasteiger charge is 2.18. The summed E-state index contributed by atoms with van der Waals surface area (Å²) < 4.78 is 1.99. The number of rotatable bonds is 2. The van der Waals surface area contributed by atoms with E-state index in [1.165, 1.54) is 0 Å². The van der Waals surface area contributed by atoms with E-state index in [1.54, 1.807) is 23.7 Å². The SMILES string of the molecule is O=C(c1c[nH]c2ncc(Br)cc12)c1csc2ccccc12. The summed E-state index contributed by atoms with van der Waals surface area (Å²) in [7, 11) is 0. The first kappa shape index (κ1) is 12.7. The van der Waals surface area contributed by atoms with Gasteiger partial charge in [0.1, 0.15) is 5.65 Å². The summed E-state index contributed by atoms with van der Waals surface area (Å²) >= 11 is 5.00. The van der Waals surface area contributed by atoms with E-state index in [1.807, 2.05) is 35.7 Å². The average Bonchev–Trinajstić information content (AvgIpc) is 3.10. The molecule has 1 aromatic carbocycles. The maximum absolute atomic E-state index is 12.9. The highest BCUT2D eigenvalue weighted by molar-refractivity contribution is 9.10. The number of nitrogens with zero attached hydrogens (tertiary/aromatic N) is 1. The molecule has 102 valence electrons. The van der Waals surface area contributed by atoms with Crippen molar-refractivity contribution in [2.24, 2.45) is 0 Å². The average molecular weight is 357 g/mol. The summed E-state index contributed by atoms with van der Waals surface area (Å²) in [5.74, 6) is 0.0265. The fourth-order valence-electron chi connectivity index (χ4n) is 2.46. The van der Waals surface area contributed by atoms with Crippen molar-refractivity contribution in [3.8, 4) is 0 Å². The van der Waals surface area contributed by atoms with Gasteiger partial charge in [-0.15, -0.1) is 11.3 Å². The van der Waals surface area contributed by atoms with Gasteiger partial charge in [-0.25, -0.2) is 4.98 Å². The smallest absolute Gasteiger partial charge is 0.196 e. The van der Waals surface area contributed by atoms with Gasteiger partial charge in [-0.3, -0.25) is 4.79 Å². The van der Waals surface area contributed by atoms with Gasteiger partial charge in [0.05, 0.1) is 0 Å². The van der Waals surface area contributed by atoms with Crippen molar-refractivity contribution in [3.63, 3.8) is 0 Å². The lowest BCUT2D eigenvalue weighted by Crippen LogP contribution is -1.99. The molecule has 0 bridgehead atoms. The molecule has 0 radical (unpaired) electrons. The van der Waals surface area contributed by atoms with Gasteiger partial charge in [-0.2, -0.15) is 0 Å². The van der Waals surface area contributed by atoms with Crippen LogP contribution in [0, 0.1) is 0 Å². The molecule has 0 spiro atoms. The summed E-state index contributed by atoms with van der Waals surface area (Å²) in [6.45, 7) is 0. The van der Waals surface area contributed by atoms with Crippen LogP contribution in [0.25, 0.3) is 21.1 Å². The van der Waals surface area contributed by atoms with Gasteiger partial charge in [-0.05, 0) is 28.1 Å². The maximum Gasteiger partial charge on any atom is 0.196 e. The number of pyridine rings is 1. The normalized spacial score (nSPS) is 11.3. The van der Waals surface area contributed by atoms with E-state index in [0.29, 0.717) is 5.56 Å². The molecule has 4 aromatic rings. The molecule has 3 heterocycles. The van der Waals surface area contributed by atoms with Crippen LogP contribution in [-0.2, 0) is 0 Å². The minimum atomic E-state index is 0.0265. The first-order chi connectivity index (χ1) is 10.2. The van der Waals surface area contributed by atoms with Gasteiger partial charge >= 0.3 is 0 Å². The highest BCUT2D eigenvalue weighted by Crippen LogP contribution is 2.30. The van der Waals surface area contributed by atoms with Crippen LogP contribution in [0.3, 0.4) is 0 Å². The van der Waals surface area contributed by atoms with Gasteiger partial charge in [0.15, 0.2) is 5.78 Å². The molecule has 0 fully saturated rings. The lowest BCUT2D eigenvalue weighted by atomic mass is 10.0. The third-order valence-corrected chi connectivity index (χ3v) is 4.87. The number of halogens is 1. The van der Waals surface area contributed by atoms with E-state index in [4.69, 9.17) is 0 Å². The molecule has 0 unspecified atom stereocenters. The molecule has 0 saturated heterocycles. The number of carbonyl (C=O) groups is 1. The molecule has 0 saturated carbocycles. The number of nitrogens with one attached hydrogen (secondary N) is 1. The molecule has 21 heavy (non-hydrogen) atoms. The number of H-pyrrole nitrogens is 1. The number of ketones is 1. The van der Waals surface area contributed by atoms with Crippen molar-refractivity contribution in [1.82, 2.24) is 9.97 Å². The molecule has 4 rings (SSSR count). The van der Waals surface area contributed by atoms with Crippen molar-refractivity contribution in [2.45, 2.75) is 0 Å². The Morgan fingerprint density at radius 1 is 1.19 bits per heavy atom. The second kappa shape index (κ2) is 4.79. The van der Waals surface area contributed by atoms with Gasteiger partial charge in [0.25, 0.3) is 0 Å². The minimum absolute atomic E-state index is 0.0265. The van der Waals surface area contributed by atoms with Crippen LogP contribution < -0.4 is 0 Å². The largest absolute Gasteiger partial charge is 0.345 e. The summed E-state index contributed by atoms with van der Waals surface area (Å²) in [6, 6.07) is 9.88. The number of hydrogen-bond donors (Lipinski definition) is 1. The Morgan fingerprint density at radius 3 is 2.95 bits per heavy atom. The van der Waals surface area contributed by atoms with E-state index < -0.39 is 0 Å². The third kappa shape index (κ3) is 2.01. The van der Waals surface area contributed by atoms with Crippen molar-refractivity contribution in [1.29, 1.82) is 0 Å². The second-order valence-electron chi connectivity index (χ2n) is 4.73. The van der Waals surface area contributed by atoms with Gasteiger partial charge in [0.2, 0.25) is 0 Å². The molecule has 0 aliphatic heterocycles. The van der Waals surface area contributed by atoms with Crippen LogP contribution >= 0.6 is 27.3 Å². The Kier molecular flexibility index (Phi) is 2.90. The van der Waals surface area contributed by atoms with Gasteiger partial charge < -0.3 is 4.98 Å². The Labute approximate surface area is 132 Å². The zero-order valence-electron chi connectivity index (χ0n) is 10.8. The summed E-state index contributed by atoms with van der Waals surface area (Å²) in [5, 5.41) is 3.77. The molecule has 0 atom stereocenters. The number of thiophene rings is 1. The second-order valence-corrected chi connectivity index (χ2v) is 6.55. The molecule has 0 aliphatic carbocycles. The number of hydrogen-bond acceptors (Lipinski definition) is 3. The van der Waals surface area contributed by atoms with Crippen LogP contribution in [-0.4, -0.2) is 15.8 Å². The van der Waals surface area contributed by atoms with Crippen LogP contribution in [0.5, 0.6) is 0 Å². The van der Waals surface area contributed by atoms with Gasteiger partial charge in [-0.1, -0.05) is 18.2 Å². The number of carbonyl (C=O) groups excluding carboxylic acids is 1. The maximum atomic E-state index is 12.9. The summed E-state index contributed by atoms with van der Waals surface area (Å²) in [4.78, 5) is 20.2. The Hall–Kier alpha value is -1.98. The molecule has 5 heteroatoms. The Bertz CT molecular complexity index is 986. The van der Waals surface area contributed by atoms with E-state index in [-0.39, 0.29) is 5.78 Å². The van der Waals surface area contributed by atoms with Crippen LogP contribution in [0.2, 0.25) is 0 Å². The topological polar surface area (TPSA) is 45.8 Å². The minimum Gasteiger partial charge on any atom is -0.345 e. The zero-order valence-corrected chi connectivity index (χ0v) is 13.2. The van der Waals surface area contributed by atoms with Crippen molar-refractivity contribution in [3.05, 3.63) is 63.7 Å². The first-order valence-corrected chi connectivity index (χ1v) is 8.05. The molecule has 0 amide bonds. The van der Waals surface area contributed by atoms with E-state index >= 15 is 0 Å². The number of aromatic amines is 1. The van der Waals surface area contributed by atoms with E-state index in [2.05, 4.69) is 25.9 Å². The fraction of sp³-hybridized carbons (Fsp3) is 0. The number of aromatic nitrogens is 2. The predicted molar refractivity (Wildman–Crippen MR) is 89.1 cm³/mol. The monoisotopic (exact) mass is 356 g/mol. The lowest BCUT2D eigenvalue weighted by molar-refractivity contribution is 0.104. The number of benzene rings is 1. The Morgan fingerprint density at radius 2 is 2.05 bits per heavy atom. The fourth-order valence-corrected chi connectivity index (χ4v) is 3.74. The van der Waals surface area contributed by atoms with Crippen molar-refractivity contribution in [2.75, 3.05) is 0 Å². The molecule has 3 nitrogen and oxygen atoms in total. The summed E-state index contributed by atoms with van der Waals surface area (Å²) in [6.07, 6.45) is 3.45. The molecular formula is C16H9BrN2OS. The van der Waals surface area contributed by atoms with Crippen LogP contribution in [0.1, 0.15) is 15.9 Å². The quantitative estimate of drug-likeness (QED) is 0.525. The van der Waals surface area contributed by atoms with Crippen molar-refractivity contribution >= 4 is 54.2 Å². The van der Waals surface area contributed by atoms with Crippen molar-refractivity contribution < 1.29 is 4.79 Å². The molecular weight excluding hydrogens is 348 g/mol. The van der Waals surface area contributed by atoms with Gasteiger partial charge in [0, 0.05) is 48.8 Å². The first-order valence-electron chi connectivity index (χ1n) is 6.37. The zero-order chi connectivity index (χ0) is 14.4. The van der Waals surface area contributed by atoms with E-state index in [0.717, 1.165) is 31.2 Å². The van der Waals surface area contributed by atoms with Crippen LogP contribution in [0.4, 0.5) is 0 Å². The standard InChI is InChI=1S/C16H9BrN2OS/c17-9-5-11-12(7-19-16(11)18-6-9)15(20)13-8-21-14-4-2-1-3-10(13)14/h1-8H,(H,18,19). The lowest BCUT2D eigenvalue weighted by Gasteiger charge is -1.99. The van der Waals surface area contributed by atoms with E-state index in [9.17, 15) is 4.79 Å². The van der Waals surface area contributed by atoms with Crippen LogP contribution in [0.15, 0.2) is 52.6 Å². The Balaban J connectivity index is 1.92. The number of fused-ring (bicyclic) bond motifs is 2. The highest BCUT2D eigenvalue weighted by atomic mass is 79.9. The molecule has 3 aromatic heterocycles.